The number of ether oxygens (including phenoxy) is 2. The molecule has 0 radical (unpaired) electrons. The standard InChI is InChI=1S/C24H31N3O4/c1-5-31-21-12-8-19(9-13-21)16-26(3)17-27-22(28)24(2,25-23(27)29)15-14-18-6-10-20(30-4)11-7-18/h6-13H,5,14-17H2,1-4H3,(H,25,29)/p+1/t24-/m1/s1. The van der Waals surface area contributed by atoms with Gasteiger partial charge in [0.2, 0.25) is 0 Å². The van der Waals surface area contributed by atoms with Gasteiger partial charge < -0.3 is 19.7 Å². The van der Waals surface area contributed by atoms with E-state index in [1.165, 1.54) is 4.90 Å². The zero-order valence-electron chi connectivity index (χ0n) is 18.7. The van der Waals surface area contributed by atoms with E-state index in [9.17, 15) is 9.59 Å². The normalized spacial score (nSPS) is 19.3. The van der Waals surface area contributed by atoms with Gasteiger partial charge in [-0.15, -0.1) is 0 Å². The average molecular weight is 427 g/mol. The molecule has 1 unspecified atom stereocenters. The summed E-state index contributed by atoms with van der Waals surface area (Å²) in [6.07, 6.45) is 1.23. The number of benzene rings is 2. The van der Waals surface area contributed by atoms with Crippen LogP contribution in [0.5, 0.6) is 11.5 Å². The summed E-state index contributed by atoms with van der Waals surface area (Å²) in [5.41, 5.74) is 1.33. The highest BCUT2D eigenvalue weighted by Crippen LogP contribution is 2.23. The number of imide groups is 1. The van der Waals surface area contributed by atoms with Crippen LogP contribution < -0.4 is 19.7 Å². The van der Waals surface area contributed by atoms with Crippen molar-refractivity contribution < 1.29 is 24.0 Å². The first-order chi connectivity index (χ1) is 14.8. The van der Waals surface area contributed by atoms with Crippen molar-refractivity contribution in [3.63, 3.8) is 0 Å². The van der Waals surface area contributed by atoms with Gasteiger partial charge in [-0.2, -0.15) is 0 Å². The lowest BCUT2D eigenvalue weighted by Gasteiger charge is -2.23. The maximum absolute atomic E-state index is 13.1. The van der Waals surface area contributed by atoms with Crippen LogP contribution in [0.15, 0.2) is 48.5 Å². The highest BCUT2D eigenvalue weighted by atomic mass is 16.5. The first-order valence-corrected chi connectivity index (χ1v) is 10.6. The van der Waals surface area contributed by atoms with Crippen molar-refractivity contribution in [1.29, 1.82) is 0 Å². The van der Waals surface area contributed by atoms with Gasteiger partial charge in [-0.05, 0) is 68.7 Å². The highest BCUT2D eigenvalue weighted by Gasteiger charge is 2.48. The number of carbonyl (C=O) groups excluding carboxylic acids is 2. The molecule has 1 aliphatic rings. The Morgan fingerprint density at radius 2 is 1.61 bits per heavy atom. The Morgan fingerprint density at radius 3 is 2.23 bits per heavy atom. The third-order valence-electron chi connectivity index (χ3n) is 5.59. The van der Waals surface area contributed by atoms with Gasteiger partial charge in [0.25, 0.3) is 5.91 Å². The molecule has 1 fully saturated rings. The molecule has 7 heteroatoms. The van der Waals surface area contributed by atoms with Crippen LogP contribution in [0.1, 0.15) is 31.4 Å². The smallest absolute Gasteiger partial charge is 0.329 e. The largest absolute Gasteiger partial charge is 0.497 e. The second-order valence-corrected chi connectivity index (χ2v) is 8.21. The second-order valence-electron chi connectivity index (χ2n) is 8.21. The molecule has 3 amide bonds. The summed E-state index contributed by atoms with van der Waals surface area (Å²) < 4.78 is 10.7. The van der Waals surface area contributed by atoms with Gasteiger partial charge in [0, 0.05) is 5.56 Å². The molecule has 0 bridgehead atoms. The Bertz CT molecular complexity index is 898. The van der Waals surface area contributed by atoms with Crippen LogP contribution in [0.3, 0.4) is 0 Å². The number of rotatable bonds is 10. The first kappa shape index (κ1) is 22.6. The fraction of sp³-hybridized carbons (Fsp3) is 0.417. The molecule has 1 saturated heterocycles. The molecular weight excluding hydrogens is 394 g/mol. The third-order valence-corrected chi connectivity index (χ3v) is 5.59. The lowest BCUT2D eigenvalue weighted by atomic mass is 9.93. The number of hydrogen-bond acceptors (Lipinski definition) is 4. The summed E-state index contributed by atoms with van der Waals surface area (Å²) in [5.74, 6) is 1.47. The number of hydrogen-bond donors (Lipinski definition) is 2. The van der Waals surface area contributed by atoms with Crippen LogP contribution in [-0.4, -0.2) is 49.8 Å². The predicted molar refractivity (Wildman–Crippen MR) is 118 cm³/mol. The quantitative estimate of drug-likeness (QED) is 0.570. The molecule has 2 atom stereocenters. The van der Waals surface area contributed by atoms with Crippen molar-refractivity contribution in [1.82, 2.24) is 10.2 Å². The zero-order chi connectivity index (χ0) is 22.4. The Morgan fingerprint density at radius 1 is 1.00 bits per heavy atom. The second kappa shape index (κ2) is 9.83. The van der Waals surface area contributed by atoms with Crippen LogP contribution in [-0.2, 0) is 17.8 Å². The molecule has 7 nitrogen and oxygen atoms in total. The van der Waals surface area contributed by atoms with Gasteiger partial charge in [0.15, 0.2) is 6.67 Å². The molecule has 3 rings (SSSR count). The van der Waals surface area contributed by atoms with E-state index in [2.05, 4.69) is 5.32 Å². The molecule has 2 N–H and O–H groups in total. The Kier molecular flexibility index (Phi) is 7.17. The monoisotopic (exact) mass is 426 g/mol. The topological polar surface area (TPSA) is 72.3 Å². The van der Waals surface area contributed by atoms with Crippen LogP contribution in [0.25, 0.3) is 0 Å². The maximum atomic E-state index is 13.1. The van der Waals surface area contributed by atoms with Gasteiger partial charge in [-0.3, -0.25) is 4.79 Å². The number of nitrogens with zero attached hydrogens (tertiary/aromatic N) is 1. The molecule has 0 spiro atoms. The molecule has 31 heavy (non-hydrogen) atoms. The number of quaternary nitrogens is 1. The van der Waals surface area contributed by atoms with Crippen LogP contribution >= 0.6 is 0 Å². The maximum Gasteiger partial charge on any atom is 0.329 e. The number of amides is 3. The Balaban J connectivity index is 1.56. The molecule has 2 aromatic carbocycles. The van der Waals surface area contributed by atoms with E-state index in [-0.39, 0.29) is 11.9 Å². The lowest BCUT2D eigenvalue weighted by Crippen LogP contribution is -3.09. The minimum absolute atomic E-state index is 0.169. The van der Waals surface area contributed by atoms with E-state index in [4.69, 9.17) is 9.47 Å². The molecule has 0 saturated carbocycles. The van der Waals surface area contributed by atoms with Gasteiger partial charge in [0.05, 0.1) is 20.8 Å². The number of urea groups is 1. The number of methoxy groups -OCH3 is 1. The molecule has 0 aromatic heterocycles. The van der Waals surface area contributed by atoms with Gasteiger partial charge in [0.1, 0.15) is 23.6 Å². The lowest BCUT2D eigenvalue weighted by molar-refractivity contribution is -0.901. The summed E-state index contributed by atoms with van der Waals surface area (Å²) in [6, 6.07) is 15.3. The summed E-state index contributed by atoms with van der Waals surface area (Å²) >= 11 is 0. The van der Waals surface area contributed by atoms with Crippen molar-refractivity contribution >= 4 is 11.9 Å². The fourth-order valence-corrected chi connectivity index (χ4v) is 3.79. The zero-order valence-corrected chi connectivity index (χ0v) is 18.7. The highest BCUT2D eigenvalue weighted by molar-refractivity contribution is 6.06. The van der Waals surface area contributed by atoms with E-state index < -0.39 is 5.54 Å². The summed E-state index contributed by atoms with van der Waals surface area (Å²) in [4.78, 5) is 28.0. The SMILES string of the molecule is CCOc1ccc(C[NH+](C)CN2C(=O)N[C@](C)(CCc3ccc(OC)cc3)C2=O)cc1. The van der Waals surface area contributed by atoms with Crippen LogP contribution in [0.4, 0.5) is 4.79 Å². The summed E-state index contributed by atoms with van der Waals surface area (Å²) in [5, 5.41) is 2.90. The molecule has 1 aliphatic heterocycles. The number of nitrogens with one attached hydrogen (secondary N) is 2. The van der Waals surface area contributed by atoms with E-state index in [1.807, 2.05) is 62.5 Å². The van der Waals surface area contributed by atoms with Gasteiger partial charge >= 0.3 is 6.03 Å². The van der Waals surface area contributed by atoms with E-state index in [1.54, 1.807) is 14.0 Å². The Labute approximate surface area is 183 Å². The minimum Gasteiger partial charge on any atom is -0.497 e. The number of carbonyl (C=O) groups is 2. The minimum atomic E-state index is -0.892. The van der Waals surface area contributed by atoms with Crippen molar-refractivity contribution in [2.75, 3.05) is 27.4 Å². The van der Waals surface area contributed by atoms with Crippen LogP contribution in [0.2, 0.25) is 0 Å². The molecule has 2 aromatic rings. The van der Waals surface area contributed by atoms with E-state index >= 15 is 0 Å². The number of aryl methyl sites for hydroxylation is 1. The molecule has 0 aliphatic carbocycles. The summed E-state index contributed by atoms with van der Waals surface area (Å²) in [6.45, 7) is 5.41. The van der Waals surface area contributed by atoms with Crippen molar-refractivity contribution in [3.05, 3.63) is 59.7 Å². The fourth-order valence-electron chi connectivity index (χ4n) is 3.79. The average Bonchev–Trinajstić information content (AvgIpc) is 2.97. The van der Waals surface area contributed by atoms with Gasteiger partial charge in [-0.25, -0.2) is 9.69 Å². The predicted octanol–water partition coefficient (Wildman–Crippen LogP) is 2.01. The summed E-state index contributed by atoms with van der Waals surface area (Å²) in [7, 11) is 3.61. The Hall–Kier alpha value is -3.06. The molecule has 1 heterocycles. The third kappa shape index (κ3) is 5.55. The van der Waals surface area contributed by atoms with Crippen LogP contribution in [0, 0.1) is 0 Å². The van der Waals surface area contributed by atoms with Gasteiger partial charge in [-0.1, -0.05) is 12.1 Å². The van der Waals surface area contributed by atoms with Crippen molar-refractivity contribution in [2.45, 2.75) is 38.8 Å². The molecule has 166 valence electrons. The van der Waals surface area contributed by atoms with Crippen molar-refractivity contribution in [2.24, 2.45) is 0 Å². The van der Waals surface area contributed by atoms with E-state index in [0.717, 1.165) is 27.5 Å². The first-order valence-electron chi connectivity index (χ1n) is 10.6. The molecular formula is C24H32N3O4+. The van der Waals surface area contributed by atoms with Crippen molar-refractivity contribution in [3.8, 4) is 11.5 Å². The van der Waals surface area contributed by atoms with E-state index in [0.29, 0.717) is 32.7 Å².